The molecule has 4 aliphatic carbocycles. The molecule has 104 valence electrons. The molecule has 3 nitrogen and oxygen atoms in total. The van der Waals surface area contributed by atoms with E-state index in [1.807, 2.05) is 0 Å². The van der Waals surface area contributed by atoms with Crippen LogP contribution in [-0.4, -0.2) is 31.0 Å². The van der Waals surface area contributed by atoms with Gasteiger partial charge in [-0.3, -0.25) is 0 Å². The summed E-state index contributed by atoms with van der Waals surface area (Å²) in [4.78, 5) is 0. The maximum Gasteiger partial charge on any atom is 0.0614 e. The summed E-state index contributed by atoms with van der Waals surface area (Å²) in [5.41, 5.74) is 6.23. The van der Waals surface area contributed by atoms with Crippen LogP contribution in [-0.2, 0) is 4.74 Å². The average molecular weight is 253 g/mol. The van der Waals surface area contributed by atoms with Crippen LogP contribution in [0.2, 0.25) is 0 Å². The third kappa shape index (κ3) is 2.21. The van der Waals surface area contributed by atoms with E-state index in [-0.39, 0.29) is 17.6 Å². The molecule has 3 N–H and O–H groups in total. The minimum atomic E-state index is -0.212. The standard InChI is InChI=1S/C15H27NO2/c1-18-9-13(16)5-14(17)15-6-10-2-11(7-15)4-12(3-10)8-15/h10-14,17H,2-9,16H2,1H3. The Morgan fingerprint density at radius 2 is 1.67 bits per heavy atom. The Kier molecular flexibility index (Phi) is 3.41. The topological polar surface area (TPSA) is 55.5 Å². The molecule has 0 aliphatic heterocycles. The van der Waals surface area contributed by atoms with Crippen molar-refractivity contribution in [2.45, 2.75) is 57.1 Å². The van der Waals surface area contributed by atoms with E-state index in [0.717, 1.165) is 17.8 Å². The van der Waals surface area contributed by atoms with Gasteiger partial charge in [0.05, 0.1) is 12.7 Å². The number of aliphatic hydroxyl groups excluding tert-OH is 1. The van der Waals surface area contributed by atoms with Crippen LogP contribution >= 0.6 is 0 Å². The molecular formula is C15H27NO2. The van der Waals surface area contributed by atoms with Crippen LogP contribution in [0.3, 0.4) is 0 Å². The highest BCUT2D eigenvalue weighted by Crippen LogP contribution is 2.61. The molecule has 0 radical (unpaired) electrons. The predicted molar refractivity (Wildman–Crippen MR) is 71.1 cm³/mol. The van der Waals surface area contributed by atoms with Gasteiger partial charge in [0.1, 0.15) is 0 Å². The molecule has 0 saturated heterocycles. The Balaban J connectivity index is 1.67. The second-order valence-electron chi connectivity index (χ2n) is 7.25. The Morgan fingerprint density at radius 1 is 1.17 bits per heavy atom. The zero-order chi connectivity index (χ0) is 12.8. The molecule has 4 rings (SSSR count). The highest BCUT2D eigenvalue weighted by atomic mass is 16.5. The number of ether oxygens (including phenoxy) is 1. The highest BCUT2D eigenvalue weighted by Gasteiger charge is 2.53. The molecule has 4 aliphatic rings. The quantitative estimate of drug-likeness (QED) is 0.787. The van der Waals surface area contributed by atoms with Crippen molar-refractivity contribution in [1.82, 2.24) is 0 Å². The normalized spacial score (nSPS) is 45.2. The number of rotatable bonds is 5. The van der Waals surface area contributed by atoms with Crippen molar-refractivity contribution in [3.63, 3.8) is 0 Å². The molecule has 2 atom stereocenters. The molecule has 0 aromatic rings. The summed E-state index contributed by atoms with van der Waals surface area (Å²) < 4.78 is 5.09. The summed E-state index contributed by atoms with van der Waals surface area (Å²) in [6.07, 6.45) is 8.53. The monoisotopic (exact) mass is 253 g/mol. The molecule has 18 heavy (non-hydrogen) atoms. The zero-order valence-corrected chi connectivity index (χ0v) is 11.5. The summed E-state index contributed by atoms with van der Waals surface area (Å²) in [5, 5.41) is 10.7. The third-order valence-electron chi connectivity index (χ3n) is 5.70. The van der Waals surface area contributed by atoms with Crippen LogP contribution in [0.15, 0.2) is 0 Å². The van der Waals surface area contributed by atoms with Gasteiger partial charge in [0.15, 0.2) is 0 Å². The Morgan fingerprint density at radius 3 is 2.11 bits per heavy atom. The van der Waals surface area contributed by atoms with Crippen molar-refractivity contribution in [3.05, 3.63) is 0 Å². The molecule has 3 heteroatoms. The van der Waals surface area contributed by atoms with Crippen LogP contribution in [0.4, 0.5) is 0 Å². The van der Waals surface area contributed by atoms with E-state index in [1.54, 1.807) is 7.11 Å². The summed E-state index contributed by atoms with van der Waals surface area (Å²) in [6.45, 7) is 0.559. The number of aliphatic hydroxyl groups is 1. The number of hydrogen-bond acceptors (Lipinski definition) is 3. The van der Waals surface area contributed by atoms with E-state index in [4.69, 9.17) is 10.5 Å². The van der Waals surface area contributed by atoms with E-state index >= 15 is 0 Å². The first-order valence-electron chi connectivity index (χ1n) is 7.54. The molecule has 0 aromatic heterocycles. The van der Waals surface area contributed by atoms with Crippen molar-refractivity contribution in [2.24, 2.45) is 28.9 Å². The fraction of sp³-hybridized carbons (Fsp3) is 1.00. The van der Waals surface area contributed by atoms with Gasteiger partial charge in [-0.1, -0.05) is 0 Å². The van der Waals surface area contributed by atoms with Gasteiger partial charge in [-0.05, 0) is 68.1 Å². The fourth-order valence-electron chi connectivity index (χ4n) is 5.40. The highest BCUT2D eigenvalue weighted by molar-refractivity contribution is 5.04. The lowest BCUT2D eigenvalue weighted by Crippen LogP contribution is -2.53. The summed E-state index contributed by atoms with van der Waals surface area (Å²) in [6, 6.07) is -0.0157. The van der Waals surface area contributed by atoms with Crippen LogP contribution in [0.5, 0.6) is 0 Å². The molecule has 2 unspecified atom stereocenters. The minimum Gasteiger partial charge on any atom is -0.392 e. The van der Waals surface area contributed by atoms with Crippen LogP contribution in [0.25, 0.3) is 0 Å². The van der Waals surface area contributed by atoms with Crippen molar-refractivity contribution < 1.29 is 9.84 Å². The summed E-state index contributed by atoms with van der Waals surface area (Å²) in [5.74, 6) is 2.68. The fourth-order valence-corrected chi connectivity index (χ4v) is 5.40. The maximum absolute atomic E-state index is 10.7. The SMILES string of the molecule is COCC(N)CC(O)C12CC3CC(CC(C3)C1)C2. The zero-order valence-electron chi connectivity index (χ0n) is 11.5. The van der Waals surface area contributed by atoms with E-state index in [0.29, 0.717) is 13.0 Å². The first-order chi connectivity index (χ1) is 8.61. The van der Waals surface area contributed by atoms with Crippen molar-refractivity contribution in [2.75, 3.05) is 13.7 Å². The van der Waals surface area contributed by atoms with Crippen LogP contribution in [0.1, 0.15) is 44.9 Å². The molecule has 4 saturated carbocycles. The van der Waals surface area contributed by atoms with Crippen LogP contribution < -0.4 is 5.73 Å². The van der Waals surface area contributed by atoms with E-state index in [2.05, 4.69) is 0 Å². The lowest BCUT2D eigenvalue weighted by molar-refractivity contribution is -0.124. The second kappa shape index (κ2) is 4.77. The molecule has 4 bridgehead atoms. The number of hydrogen-bond donors (Lipinski definition) is 2. The van der Waals surface area contributed by atoms with E-state index < -0.39 is 0 Å². The van der Waals surface area contributed by atoms with Gasteiger partial charge >= 0.3 is 0 Å². The molecule has 0 aromatic carbocycles. The third-order valence-corrected chi connectivity index (χ3v) is 5.70. The summed E-state index contributed by atoms with van der Waals surface area (Å²) in [7, 11) is 1.68. The van der Waals surface area contributed by atoms with Crippen molar-refractivity contribution in [1.29, 1.82) is 0 Å². The first kappa shape index (κ1) is 12.9. The lowest BCUT2D eigenvalue weighted by atomic mass is 9.48. The van der Waals surface area contributed by atoms with Gasteiger partial charge < -0.3 is 15.6 Å². The first-order valence-corrected chi connectivity index (χ1v) is 7.54. The number of nitrogens with two attached hydrogens (primary N) is 1. The van der Waals surface area contributed by atoms with E-state index in [9.17, 15) is 5.11 Å². The Hall–Kier alpha value is -0.120. The lowest BCUT2D eigenvalue weighted by Gasteiger charge is -2.58. The molecule has 4 fully saturated rings. The molecular weight excluding hydrogens is 226 g/mol. The van der Waals surface area contributed by atoms with Gasteiger partial charge in [-0.25, -0.2) is 0 Å². The molecule has 0 amide bonds. The Labute approximate surface area is 110 Å². The average Bonchev–Trinajstić information content (AvgIpc) is 2.27. The predicted octanol–water partition coefficient (Wildman–Crippen LogP) is 1.93. The van der Waals surface area contributed by atoms with Gasteiger partial charge in [0.2, 0.25) is 0 Å². The minimum absolute atomic E-state index is 0.0157. The molecule has 0 spiro atoms. The second-order valence-corrected chi connectivity index (χ2v) is 7.25. The van der Waals surface area contributed by atoms with E-state index in [1.165, 1.54) is 38.5 Å². The van der Waals surface area contributed by atoms with Crippen molar-refractivity contribution >= 4 is 0 Å². The van der Waals surface area contributed by atoms with Gasteiger partial charge in [-0.15, -0.1) is 0 Å². The summed E-state index contributed by atoms with van der Waals surface area (Å²) >= 11 is 0. The number of methoxy groups -OCH3 is 1. The maximum atomic E-state index is 10.7. The molecule has 0 heterocycles. The smallest absolute Gasteiger partial charge is 0.0614 e. The van der Waals surface area contributed by atoms with Crippen LogP contribution in [0, 0.1) is 23.2 Å². The Bertz CT molecular complexity index is 270. The van der Waals surface area contributed by atoms with Crippen molar-refractivity contribution in [3.8, 4) is 0 Å². The van der Waals surface area contributed by atoms with Gasteiger partial charge in [0.25, 0.3) is 0 Å². The largest absolute Gasteiger partial charge is 0.392 e. The van der Waals surface area contributed by atoms with Gasteiger partial charge in [-0.2, -0.15) is 0 Å². The van der Waals surface area contributed by atoms with Gasteiger partial charge in [0, 0.05) is 13.2 Å².